The van der Waals surface area contributed by atoms with Crippen molar-refractivity contribution in [3.63, 3.8) is 0 Å². The van der Waals surface area contributed by atoms with E-state index < -0.39 is 5.60 Å². The van der Waals surface area contributed by atoms with Crippen LogP contribution in [0.2, 0.25) is 0 Å². The highest BCUT2D eigenvalue weighted by Crippen LogP contribution is 2.19. The molecule has 0 saturated carbocycles. The molecular weight excluding hydrogens is 290 g/mol. The number of nitrogens with one attached hydrogen (secondary N) is 1. The van der Waals surface area contributed by atoms with Gasteiger partial charge in [0.1, 0.15) is 0 Å². The van der Waals surface area contributed by atoms with E-state index in [-0.39, 0.29) is 12.1 Å². The van der Waals surface area contributed by atoms with Crippen LogP contribution in [-0.4, -0.2) is 53.9 Å². The molecule has 0 spiro atoms. The van der Waals surface area contributed by atoms with Gasteiger partial charge >= 0.3 is 6.03 Å². The van der Waals surface area contributed by atoms with E-state index in [1.807, 2.05) is 13.0 Å². The van der Waals surface area contributed by atoms with Crippen LogP contribution >= 0.6 is 0 Å². The molecule has 1 aromatic rings. The van der Waals surface area contributed by atoms with Crippen molar-refractivity contribution >= 4 is 11.7 Å². The van der Waals surface area contributed by atoms with Gasteiger partial charge in [0, 0.05) is 31.4 Å². The van der Waals surface area contributed by atoms with Crippen LogP contribution in [0.25, 0.3) is 0 Å². The minimum Gasteiger partial charge on any atom is -0.389 e. The molecule has 1 aliphatic rings. The third-order valence-corrected chi connectivity index (χ3v) is 4.19. The van der Waals surface area contributed by atoms with Gasteiger partial charge in [0.15, 0.2) is 0 Å². The van der Waals surface area contributed by atoms with Crippen molar-refractivity contribution < 1.29 is 9.90 Å². The average Bonchev–Trinajstić information content (AvgIpc) is 2.53. The van der Waals surface area contributed by atoms with Gasteiger partial charge in [-0.1, -0.05) is 18.2 Å². The van der Waals surface area contributed by atoms with Gasteiger partial charge in [-0.3, -0.25) is 0 Å². The lowest BCUT2D eigenvalue weighted by Gasteiger charge is -2.35. The number of benzene rings is 1. The first kappa shape index (κ1) is 17.6. The molecule has 5 nitrogen and oxygen atoms in total. The molecule has 0 aliphatic carbocycles. The fraction of sp³-hybridized carbons (Fsp3) is 0.611. The minimum absolute atomic E-state index is 0.0761. The third kappa shape index (κ3) is 5.43. The van der Waals surface area contributed by atoms with Gasteiger partial charge < -0.3 is 20.2 Å². The third-order valence-electron chi connectivity index (χ3n) is 4.19. The second kappa shape index (κ2) is 7.68. The monoisotopic (exact) mass is 319 g/mol. The molecule has 5 heteroatoms. The van der Waals surface area contributed by atoms with Crippen LogP contribution in [0.4, 0.5) is 10.5 Å². The quantitative estimate of drug-likeness (QED) is 0.876. The first-order chi connectivity index (χ1) is 10.9. The summed E-state index contributed by atoms with van der Waals surface area (Å²) in [5.41, 5.74) is 0.374. The van der Waals surface area contributed by atoms with E-state index in [9.17, 15) is 9.90 Å². The number of hydrogen-bond acceptors (Lipinski definition) is 3. The summed E-state index contributed by atoms with van der Waals surface area (Å²) in [5, 5.41) is 13.0. The Hall–Kier alpha value is -1.75. The first-order valence-corrected chi connectivity index (χ1v) is 8.47. The SMILES string of the molecule is CCN(CC(C)(C)O)C(=O)NC1CCN(c2ccccc2)CC1. The topological polar surface area (TPSA) is 55.8 Å². The van der Waals surface area contributed by atoms with E-state index in [1.165, 1.54) is 5.69 Å². The van der Waals surface area contributed by atoms with Crippen molar-refractivity contribution in [3.05, 3.63) is 30.3 Å². The van der Waals surface area contributed by atoms with Crippen LogP contribution in [0.3, 0.4) is 0 Å². The molecule has 0 unspecified atom stereocenters. The number of piperidine rings is 1. The highest BCUT2D eigenvalue weighted by molar-refractivity contribution is 5.74. The van der Waals surface area contributed by atoms with Crippen LogP contribution in [0.1, 0.15) is 33.6 Å². The van der Waals surface area contributed by atoms with Crippen molar-refractivity contribution in [1.29, 1.82) is 0 Å². The number of likely N-dealkylation sites (N-methyl/N-ethyl adjacent to an activating group) is 1. The van der Waals surface area contributed by atoms with Gasteiger partial charge in [-0.05, 0) is 45.7 Å². The summed E-state index contributed by atoms with van der Waals surface area (Å²) < 4.78 is 0. The van der Waals surface area contributed by atoms with Gasteiger partial charge in [0.2, 0.25) is 0 Å². The Labute approximate surface area is 139 Å². The molecule has 0 atom stereocenters. The number of nitrogens with zero attached hydrogens (tertiary/aromatic N) is 2. The summed E-state index contributed by atoms with van der Waals surface area (Å²) in [6.45, 7) is 8.22. The average molecular weight is 319 g/mol. The minimum atomic E-state index is -0.871. The second-order valence-corrected chi connectivity index (χ2v) is 6.87. The van der Waals surface area contributed by atoms with E-state index in [0.29, 0.717) is 13.1 Å². The molecule has 1 fully saturated rings. The maximum Gasteiger partial charge on any atom is 0.317 e. The van der Waals surface area contributed by atoms with Crippen LogP contribution in [0, 0.1) is 0 Å². The molecule has 0 aromatic heterocycles. The molecular formula is C18H29N3O2. The van der Waals surface area contributed by atoms with Crippen molar-refractivity contribution in [2.45, 2.75) is 45.3 Å². The number of anilines is 1. The number of amides is 2. The Morgan fingerprint density at radius 3 is 2.43 bits per heavy atom. The number of para-hydroxylation sites is 1. The number of urea groups is 1. The first-order valence-electron chi connectivity index (χ1n) is 8.47. The Bertz CT molecular complexity index is 491. The zero-order chi connectivity index (χ0) is 16.9. The van der Waals surface area contributed by atoms with E-state index in [0.717, 1.165) is 25.9 Å². The fourth-order valence-electron chi connectivity index (χ4n) is 2.98. The van der Waals surface area contributed by atoms with Crippen molar-refractivity contribution in [3.8, 4) is 0 Å². The number of rotatable bonds is 5. The van der Waals surface area contributed by atoms with Gasteiger partial charge in [-0.25, -0.2) is 4.79 Å². The van der Waals surface area contributed by atoms with Crippen molar-refractivity contribution in [2.24, 2.45) is 0 Å². The summed E-state index contributed by atoms with van der Waals surface area (Å²) in [4.78, 5) is 16.4. The summed E-state index contributed by atoms with van der Waals surface area (Å²) in [5.74, 6) is 0. The fourth-order valence-corrected chi connectivity index (χ4v) is 2.98. The zero-order valence-electron chi connectivity index (χ0n) is 14.5. The highest BCUT2D eigenvalue weighted by Gasteiger charge is 2.25. The zero-order valence-corrected chi connectivity index (χ0v) is 14.5. The lowest BCUT2D eigenvalue weighted by atomic mass is 10.0. The molecule has 2 N–H and O–H groups in total. The van der Waals surface area contributed by atoms with Crippen LogP contribution in [-0.2, 0) is 0 Å². The maximum atomic E-state index is 12.4. The number of carbonyl (C=O) groups is 1. The Morgan fingerprint density at radius 2 is 1.91 bits per heavy atom. The molecule has 0 radical (unpaired) electrons. The molecule has 1 saturated heterocycles. The van der Waals surface area contributed by atoms with Gasteiger partial charge in [-0.15, -0.1) is 0 Å². The summed E-state index contributed by atoms with van der Waals surface area (Å²) in [6.07, 6.45) is 1.89. The summed E-state index contributed by atoms with van der Waals surface area (Å²) in [7, 11) is 0. The Kier molecular flexibility index (Phi) is 5.88. The lowest BCUT2D eigenvalue weighted by Crippen LogP contribution is -2.52. The Balaban J connectivity index is 1.82. The predicted octanol–water partition coefficient (Wildman–Crippen LogP) is 2.46. The van der Waals surface area contributed by atoms with E-state index in [1.54, 1.807) is 18.7 Å². The van der Waals surface area contributed by atoms with E-state index >= 15 is 0 Å². The van der Waals surface area contributed by atoms with Gasteiger partial charge in [-0.2, -0.15) is 0 Å². The van der Waals surface area contributed by atoms with Crippen LogP contribution in [0.5, 0.6) is 0 Å². The summed E-state index contributed by atoms with van der Waals surface area (Å²) >= 11 is 0. The molecule has 1 aromatic carbocycles. The number of aliphatic hydroxyl groups is 1. The molecule has 2 amide bonds. The smallest absolute Gasteiger partial charge is 0.317 e. The highest BCUT2D eigenvalue weighted by atomic mass is 16.3. The Morgan fingerprint density at radius 1 is 1.30 bits per heavy atom. The van der Waals surface area contributed by atoms with Gasteiger partial charge in [0.25, 0.3) is 0 Å². The van der Waals surface area contributed by atoms with E-state index in [2.05, 4.69) is 34.5 Å². The number of hydrogen-bond donors (Lipinski definition) is 2. The summed E-state index contributed by atoms with van der Waals surface area (Å²) in [6, 6.07) is 10.5. The van der Waals surface area contributed by atoms with Gasteiger partial charge in [0.05, 0.1) is 12.1 Å². The predicted molar refractivity (Wildman–Crippen MR) is 93.8 cm³/mol. The molecule has 0 bridgehead atoms. The lowest BCUT2D eigenvalue weighted by molar-refractivity contribution is 0.0474. The maximum absolute atomic E-state index is 12.4. The molecule has 1 heterocycles. The second-order valence-electron chi connectivity index (χ2n) is 6.87. The van der Waals surface area contributed by atoms with Crippen LogP contribution < -0.4 is 10.2 Å². The molecule has 128 valence electrons. The largest absolute Gasteiger partial charge is 0.389 e. The number of carbonyl (C=O) groups excluding carboxylic acids is 1. The van der Waals surface area contributed by atoms with Crippen molar-refractivity contribution in [1.82, 2.24) is 10.2 Å². The van der Waals surface area contributed by atoms with Crippen molar-refractivity contribution in [2.75, 3.05) is 31.1 Å². The van der Waals surface area contributed by atoms with E-state index in [4.69, 9.17) is 0 Å². The molecule has 23 heavy (non-hydrogen) atoms. The standard InChI is InChI=1S/C18H29N3O2/c1-4-20(14-18(2,3)23)17(22)19-15-10-12-21(13-11-15)16-8-6-5-7-9-16/h5-9,15,23H,4,10-14H2,1-3H3,(H,19,22). The normalized spacial score (nSPS) is 16.3. The molecule has 2 rings (SSSR count). The van der Waals surface area contributed by atoms with Crippen LogP contribution in [0.15, 0.2) is 30.3 Å². The molecule has 1 aliphatic heterocycles.